The molecule has 1 N–H and O–H groups in total. The van der Waals surface area contributed by atoms with Crippen LogP contribution in [0.4, 0.5) is 0 Å². The Balaban J connectivity index is 2.13. The highest BCUT2D eigenvalue weighted by Gasteiger charge is 2.42. The number of ketones is 1. The van der Waals surface area contributed by atoms with Gasteiger partial charge in [-0.1, -0.05) is 6.42 Å². The second-order valence-electron chi connectivity index (χ2n) is 4.36. The first kappa shape index (κ1) is 10.6. The van der Waals surface area contributed by atoms with Crippen molar-refractivity contribution in [1.82, 2.24) is 5.32 Å². The highest BCUT2D eigenvalue weighted by molar-refractivity contribution is 5.84. The molecule has 0 spiro atoms. The van der Waals surface area contributed by atoms with Crippen LogP contribution in [0.3, 0.4) is 0 Å². The third kappa shape index (κ3) is 1.91. The normalized spacial score (nSPS) is 35.8. The number of rotatable bonds is 1. The molecule has 3 atom stereocenters. The quantitative estimate of drug-likeness (QED) is 0.642. The van der Waals surface area contributed by atoms with Crippen LogP contribution in [0.5, 0.6) is 0 Å². The Morgan fingerprint density at radius 3 is 3.00 bits per heavy atom. The molecule has 0 aromatic rings. The van der Waals surface area contributed by atoms with E-state index in [2.05, 4.69) is 5.32 Å². The molecule has 2 rings (SSSR count). The maximum atomic E-state index is 11.7. The van der Waals surface area contributed by atoms with Gasteiger partial charge in [0, 0.05) is 24.9 Å². The number of carbonyl (C=O) groups excluding carboxylic acids is 2. The lowest BCUT2D eigenvalue weighted by molar-refractivity contribution is -0.149. The predicted octanol–water partition coefficient (Wildman–Crippen LogP) is 0.507. The minimum atomic E-state index is -0.174. The maximum Gasteiger partial charge on any atom is 0.310 e. The number of fused-ring (bicyclic) bond motifs is 1. The molecule has 2 fully saturated rings. The Morgan fingerprint density at radius 1 is 1.47 bits per heavy atom. The van der Waals surface area contributed by atoms with Crippen molar-refractivity contribution in [3.8, 4) is 0 Å². The summed E-state index contributed by atoms with van der Waals surface area (Å²) < 4.78 is 4.78. The largest absolute Gasteiger partial charge is 0.469 e. The van der Waals surface area contributed by atoms with Crippen LogP contribution in [0.15, 0.2) is 0 Å². The Morgan fingerprint density at radius 2 is 2.27 bits per heavy atom. The average molecular weight is 211 g/mol. The molecule has 0 aromatic heterocycles. The van der Waals surface area contributed by atoms with E-state index in [0.29, 0.717) is 18.7 Å². The molecule has 84 valence electrons. The van der Waals surface area contributed by atoms with Crippen LogP contribution in [-0.4, -0.2) is 31.4 Å². The van der Waals surface area contributed by atoms with Gasteiger partial charge >= 0.3 is 5.97 Å². The molecule has 3 unspecified atom stereocenters. The zero-order chi connectivity index (χ0) is 10.8. The Labute approximate surface area is 89.4 Å². The predicted molar refractivity (Wildman–Crippen MR) is 54.3 cm³/mol. The van der Waals surface area contributed by atoms with Gasteiger partial charge in [0.05, 0.1) is 13.0 Å². The minimum Gasteiger partial charge on any atom is -0.469 e. The number of esters is 1. The molecule has 1 saturated carbocycles. The standard InChI is InChI=1S/C11H17NO3/c1-15-11(14)8-4-2-3-7-9(13)5-6-12-10(7)8/h7-8,10,12H,2-6H2,1H3. The number of carbonyl (C=O) groups is 2. The summed E-state index contributed by atoms with van der Waals surface area (Å²) in [6.45, 7) is 0.702. The fraction of sp³-hybridized carbons (Fsp3) is 0.818. The van der Waals surface area contributed by atoms with Crippen LogP contribution in [0.1, 0.15) is 25.7 Å². The lowest BCUT2D eigenvalue weighted by atomic mass is 9.72. The van der Waals surface area contributed by atoms with Gasteiger partial charge in [-0.25, -0.2) is 0 Å². The number of ether oxygens (including phenoxy) is 1. The molecule has 0 aromatic carbocycles. The van der Waals surface area contributed by atoms with Crippen molar-refractivity contribution in [2.75, 3.05) is 13.7 Å². The molecule has 0 bridgehead atoms. The molecule has 2 aliphatic rings. The average Bonchev–Trinajstić information content (AvgIpc) is 2.28. The van der Waals surface area contributed by atoms with Gasteiger partial charge in [-0.2, -0.15) is 0 Å². The van der Waals surface area contributed by atoms with Crippen LogP contribution in [0.2, 0.25) is 0 Å². The van der Waals surface area contributed by atoms with Gasteiger partial charge in [-0.3, -0.25) is 9.59 Å². The first-order chi connectivity index (χ1) is 7.24. The van der Waals surface area contributed by atoms with Crippen LogP contribution in [0, 0.1) is 11.8 Å². The van der Waals surface area contributed by atoms with Crippen LogP contribution in [0.25, 0.3) is 0 Å². The van der Waals surface area contributed by atoms with Crippen molar-refractivity contribution in [3.63, 3.8) is 0 Å². The number of piperidine rings is 1. The minimum absolute atomic E-state index is 0.0208. The summed E-state index contributed by atoms with van der Waals surface area (Å²) in [7, 11) is 1.41. The van der Waals surface area contributed by atoms with Gasteiger partial charge < -0.3 is 10.1 Å². The Bertz CT molecular complexity index is 277. The van der Waals surface area contributed by atoms with Crippen molar-refractivity contribution < 1.29 is 14.3 Å². The third-order valence-corrected chi connectivity index (χ3v) is 3.57. The molecule has 4 heteroatoms. The van der Waals surface area contributed by atoms with E-state index in [0.717, 1.165) is 19.3 Å². The number of nitrogens with one attached hydrogen (secondary N) is 1. The summed E-state index contributed by atoms with van der Waals surface area (Å²) >= 11 is 0. The zero-order valence-corrected chi connectivity index (χ0v) is 8.99. The van der Waals surface area contributed by atoms with E-state index in [1.54, 1.807) is 0 Å². The summed E-state index contributed by atoms with van der Waals surface area (Å²) in [5.74, 6) is 0.0499. The van der Waals surface area contributed by atoms with Gasteiger partial charge in [0.2, 0.25) is 0 Å². The molecular weight excluding hydrogens is 194 g/mol. The van der Waals surface area contributed by atoms with E-state index in [-0.39, 0.29) is 23.8 Å². The van der Waals surface area contributed by atoms with Gasteiger partial charge in [-0.05, 0) is 12.8 Å². The highest BCUT2D eigenvalue weighted by atomic mass is 16.5. The Hall–Kier alpha value is -0.900. The monoisotopic (exact) mass is 211 g/mol. The summed E-state index contributed by atoms with van der Waals surface area (Å²) in [6, 6.07) is 0.0208. The van der Waals surface area contributed by atoms with E-state index < -0.39 is 0 Å². The molecule has 1 heterocycles. The lowest BCUT2D eigenvalue weighted by Gasteiger charge is -2.39. The van der Waals surface area contributed by atoms with Crippen molar-refractivity contribution in [2.45, 2.75) is 31.7 Å². The number of hydrogen-bond donors (Lipinski definition) is 1. The fourth-order valence-corrected chi connectivity index (χ4v) is 2.81. The first-order valence-electron chi connectivity index (χ1n) is 5.58. The van der Waals surface area contributed by atoms with Crippen molar-refractivity contribution >= 4 is 11.8 Å². The first-order valence-corrected chi connectivity index (χ1v) is 5.58. The molecule has 15 heavy (non-hydrogen) atoms. The smallest absolute Gasteiger partial charge is 0.310 e. The highest BCUT2D eigenvalue weighted by Crippen LogP contribution is 2.33. The van der Waals surface area contributed by atoms with Gasteiger partial charge in [0.1, 0.15) is 5.78 Å². The van der Waals surface area contributed by atoms with Crippen LogP contribution >= 0.6 is 0 Å². The Kier molecular flexibility index (Phi) is 3.05. The maximum absolute atomic E-state index is 11.7. The summed E-state index contributed by atoms with van der Waals surface area (Å²) in [5, 5.41) is 3.30. The van der Waals surface area contributed by atoms with Gasteiger partial charge in [0.15, 0.2) is 0 Å². The van der Waals surface area contributed by atoms with E-state index in [1.807, 2.05) is 0 Å². The summed E-state index contributed by atoms with van der Waals surface area (Å²) in [5.41, 5.74) is 0. The molecular formula is C11H17NO3. The zero-order valence-electron chi connectivity index (χ0n) is 8.99. The molecule has 4 nitrogen and oxygen atoms in total. The topological polar surface area (TPSA) is 55.4 Å². The molecule has 0 amide bonds. The van der Waals surface area contributed by atoms with Gasteiger partial charge in [0.25, 0.3) is 0 Å². The fourth-order valence-electron chi connectivity index (χ4n) is 2.81. The van der Waals surface area contributed by atoms with E-state index in [1.165, 1.54) is 7.11 Å². The number of hydrogen-bond acceptors (Lipinski definition) is 4. The lowest BCUT2D eigenvalue weighted by Crippen LogP contribution is -2.54. The van der Waals surface area contributed by atoms with E-state index >= 15 is 0 Å². The molecule has 1 aliphatic heterocycles. The van der Waals surface area contributed by atoms with Gasteiger partial charge in [-0.15, -0.1) is 0 Å². The molecule has 1 saturated heterocycles. The molecule has 0 radical (unpaired) electrons. The number of methoxy groups -OCH3 is 1. The SMILES string of the molecule is COC(=O)C1CCCC2C(=O)CCNC21. The van der Waals surface area contributed by atoms with E-state index in [4.69, 9.17) is 4.74 Å². The van der Waals surface area contributed by atoms with Crippen LogP contribution < -0.4 is 5.32 Å². The second-order valence-corrected chi connectivity index (χ2v) is 4.36. The van der Waals surface area contributed by atoms with Crippen LogP contribution in [-0.2, 0) is 14.3 Å². The van der Waals surface area contributed by atoms with Crippen molar-refractivity contribution in [2.24, 2.45) is 11.8 Å². The number of Topliss-reactive ketones (excluding diaryl/α,β-unsaturated/α-hetero) is 1. The summed E-state index contributed by atoms with van der Waals surface area (Å²) in [4.78, 5) is 23.2. The summed E-state index contributed by atoms with van der Waals surface area (Å²) in [6.07, 6.45) is 3.32. The third-order valence-electron chi connectivity index (χ3n) is 3.57. The van der Waals surface area contributed by atoms with E-state index in [9.17, 15) is 9.59 Å². The second kappa shape index (κ2) is 4.31. The van der Waals surface area contributed by atoms with Crippen molar-refractivity contribution in [3.05, 3.63) is 0 Å². The van der Waals surface area contributed by atoms with Crippen molar-refractivity contribution in [1.29, 1.82) is 0 Å². The molecule has 1 aliphatic carbocycles.